The Morgan fingerprint density at radius 1 is 1.18 bits per heavy atom. The van der Waals surface area contributed by atoms with Crippen LogP contribution in [0, 0.1) is 17.2 Å². The van der Waals surface area contributed by atoms with Crippen molar-refractivity contribution in [1.29, 1.82) is 5.26 Å². The normalized spacial score (nSPS) is 12.3. The topological polar surface area (TPSA) is 77.4 Å². The molecule has 2 heterocycles. The highest BCUT2D eigenvalue weighted by atomic mass is 15.1. The molecule has 22 heavy (non-hydrogen) atoms. The van der Waals surface area contributed by atoms with E-state index in [1.807, 2.05) is 30.3 Å². The number of aromatic amines is 1. The Morgan fingerprint density at radius 2 is 2.00 bits per heavy atom. The lowest BCUT2D eigenvalue weighted by Gasteiger charge is -2.20. The van der Waals surface area contributed by atoms with Gasteiger partial charge in [-0.05, 0) is 30.2 Å². The van der Waals surface area contributed by atoms with Gasteiger partial charge in [-0.2, -0.15) is 5.26 Å². The molecule has 0 amide bonds. The van der Waals surface area contributed by atoms with Crippen molar-refractivity contribution in [2.24, 2.45) is 5.92 Å². The number of fused-ring (bicyclic) bond motifs is 1. The van der Waals surface area contributed by atoms with Gasteiger partial charge >= 0.3 is 0 Å². The number of imidazole rings is 1. The van der Waals surface area contributed by atoms with Gasteiger partial charge in [0.15, 0.2) is 0 Å². The van der Waals surface area contributed by atoms with Crippen molar-refractivity contribution in [1.82, 2.24) is 15.0 Å². The summed E-state index contributed by atoms with van der Waals surface area (Å²) in [6, 6.07) is 13.6. The molecule has 0 radical (unpaired) electrons. The number of benzene rings is 1. The first-order valence-corrected chi connectivity index (χ1v) is 7.24. The zero-order chi connectivity index (χ0) is 15.5. The first-order chi connectivity index (χ1) is 10.7. The van der Waals surface area contributed by atoms with E-state index in [2.05, 4.69) is 40.2 Å². The Kier molecular flexibility index (Phi) is 3.75. The lowest BCUT2D eigenvalue weighted by atomic mass is 10.0. The third-order valence-corrected chi connectivity index (χ3v) is 3.56. The van der Waals surface area contributed by atoms with Crippen LogP contribution in [-0.4, -0.2) is 15.0 Å². The van der Waals surface area contributed by atoms with Gasteiger partial charge < -0.3 is 10.3 Å². The number of anilines is 1. The van der Waals surface area contributed by atoms with E-state index in [4.69, 9.17) is 5.26 Å². The van der Waals surface area contributed by atoms with Gasteiger partial charge in [-0.3, -0.25) is 0 Å². The summed E-state index contributed by atoms with van der Waals surface area (Å²) in [5.41, 5.74) is 2.53. The molecule has 0 saturated heterocycles. The molecule has 1 atom stereocenters. The summed E-state index contributed by atoms with van der Waals surface area (Å²) in [7, 11) is 0. The van der Waals surface area contributed by atoms with Crippen LogP contribution in [0.3, 0.4) is 0 Å². The molecular weight excluding hydrogens is 274 g/mol. The fourth-order valence-electron chi connectivity index (χ4n) is 2.38. The first kappa shape index (κ1) is 14.1. The molecule has 1 aromatic carbocycles. The summed E-state index contributed by atoms with van der Waals surface area (Å²) in [4.78, 5) is 12.3. The number of hydrogen-bond donors (Lipinski definition) is 2. The fraction of sp³-hybridized carbons (Fsp3) is 0.235. The van der Waals surface area contributed by atoms with Gasteiger partial charge in [-0.15, -0.1) is 0 Å². The molecule has 3 aromatic rings. The molecule has 0 aliphatic carbocycles. The Morgan fingerprint density at radius 3 is 2.64 bits per heavy atom. The molecule has 0 aliphatic heterocycles. The minimum atomic E-state index is 0.0211. The van der Waals surface area contributed by atoms with E-state index in [9.17, 15) is 0 Å². The number of aromatic nitrogens is 3. The fourth-order valence-corrected chi connectivity index (χ4v) is 2.38. The molecule has 0 spiro atoms. The monoisotopic (exact) mass is 291 g/mol. The maximum Gasteiger partial charge on any atom is 0.130 e. The van der Waals surface area contributed by atoms with E-state index in [1.165, 1.54) is 0 Å². The standard InChI is InChI=1S/C17H17N5/c1-11(2)16(22-15-8-7-12(9-18)10-19-15)17-20-13-5-3-4-6-14(13)21-17/h3-8,10-11,16H,1-2H3,(H,19,22)(H,20,21)/t16-/m1/s1. The van der Waals surface area contributed by atoms with Crippen molar-refractivity contribution < 1.29 is 0 Å². The second-order valence-electron chi connectivity index (χ2n) is 5.55. The van der Waals surface area contributed by atoms with E-state index < -0.39 is 0 Å². The quantitative estimate of drug-likeness (QED) is 0.769. The number of H-pyrrole nitrogens is 1. The summed E-state index contributed by atoms with van der Waals surface area (Å²) in [5.74, 6) is 1.96. The zero-order valence-electron chi connectivity index (χ0n) is 12.5. The zero-order valence-corrected chi connectivity index (χ0v) is 12.5. The molecule has 0 unspecified atom stereocenters. The molecule has 0 fully saturated rings. The molecule has 2 aromatic heterocycles. The highest BCUT2D eigenvalue weighted by molar-refractivity contribution is 5.74. The minimum absolute atomic E-state index is 0.0211. The number of nitrogens with zero attached hydrogens (tertiary/aromatic N) is 3. The van der Waals surface area contributed by atoms with Gasteiger partial charge in [0.25, 0.3) is 0 Å². The number of pyridine rings is 1. The van der Waals surface area contributed by atoms with Crippen LogP contribution in [0.15, 0.2) is 42.6 Å². The maximum atomic E-state index is 8.83. The van der Waals surface area contributed by atoms with E-state index in [0.717, 1.165) is 22.7 Å². The summed E-state index contributed by atoms with van der Waals surface area (Å²) in [5, 5.41) is 12.2. The number of nitrogens with one attached hydrogen (secondary N) is 2. The molecule has 3 rings (SSSR count). The predicted octanol–water partition coefficient (Wildman–Crippen LogP) is 3.64. The Labute approximate surface area is 129 Å². The van der Waals surface area contributed by atoms with Gasteiger partial charge in [-0.1, -0.05) is 26.0 Å². The lowest BCUT2D eigenvalue weighted by molar-refractivity contribution is 0.525. The van der Waals surface area contributed by atoms with Crippen LogP contribution in [0.5, 0.6) is 0 Å². The van der Waals surface area contributed by atoms with Crippen LogP contribution >= 0.6 is 0 Å². The van der Waals surface area contributed by atoms with Gasteiger partial charge in [0.05, 0.1) is 22.6 Å². The Balaban J connectivity index is 1.90. The molecule has 0 aliphatic rings. The minimum Gasteiger partial charge on any atom is -0.360 e. The van der Waals surface area contributed by atoms with Crippen LogP contribution in [0.1, 0.15) is 31.3 Å². The third-order valence-electron chi connectivity index (χ3n) is 3.56. The molecule has 2 N–H and O–H groups in total. The van der Waals surface area contributed by atoms with E-state index >= 15 is 0 Å². The van der Waals surface area contributed by atoms with Gasteiger partial charge in [0, 0.05) is 6.20 Å². The van der Waals surface area contributed by atoms with Crippen LogP contribution in [0.2, 0.25) is 0 Å². The van der Waals surface area contributed by atoms with Crippen molar-refractivity contribution in [3.63, 3.8) is 0 Å². The molecule has 0 bridgehead atoms. The van der Waals surface area contributed by atoms with E-state index in [-0.39, 0.29) is 6.04 Å². The van der Waals surface area contributed by atoms with Crippen LogP contribution in [-0.2, 0) is 0 Å². The summed E-state index contributed by atoms with van der Waals surface area (Å²) >= 11 is 0. The number of rotatable bonds is 4. The average Bonchev–Trinajstić information content (AvgIpc) is 2.96. The summed E-state index contributed by atoms with van der Waals surface area (Å²) in [6.45, 7) is 4.27. The molecule has 5 heteroatoms. The maximum absolute atomic E-state index is 8.83. The summed E-state index contributed by atoms with van der Waals surface area (Å²) in [6.07, 6.45) is 1.57. The first-order valence-electron chi connectivity index (χ1n) is 7.24. The van der Waals surface area contributed by atoms with Gasteiger partial charge in [0.2, 0.25) is 0 Å². The highest BCUT2D eigenvalue weighted by Gasteiger charge is 2.19. The van der Waals surface area contributed by atoms with Crippen molar-refractivity contribution in [3.8, 4) is 6.07 Å². The van der Waals surface area contributed by atoms with Crippen molar-refractivity contribution in [2.75, 3.05) is 5.32 Å². The van der Waals surface area contributed by atoms with E-state index in [0.29, 0.717) is 11.5 Å². The second kappa shape index (κ2) is 5.86. The molecular formula is C17H17N5. The SMILES string of the molecule is CC(C)[C@@H](Nc1ccc(C#N)cn1)c1nc2ccccc2[nH]1. The van der Waals surface area contributed by atoms with E-state index in [1.54, 1.807) is 12.3 Å². The Hall–Kier alpha value is -2.87. The average molecular weight is 291 g/mol. The number of nitriles is 1. The number of hydrogen-bond acceptors (Lipinski definition) is 4. The second-order valence-corrected chi connectivity index (χ2v) is 5.55. The van der Waals surface area contributed by atoms with Crippen LogP contribution in [0.25, 0.3) is 11.0 Å². The molecule has 0 saturated carbocycles. The van der Waals surface area contributed by atoms with Crippen molar-refractivity contribution >= 4 is 16.9 Å². The highest BCUT2D eigenvalue weighted by Crippen LogP contribution is 2.25. The van der Waals surface area contributed by atoms with Crippen molar-refractivity contribution in [2.45, 2.75) is 19.9 Å². The predicted molar refractivity (Wildman–Crippen MR) is 86.2 cm³/mol. The van der Waals surface area contributed by atoms with Crippen molar-refractivity contribution in [3.05, 3.63) is 54.0 Å². The van der Waals surface area contributed by atoms with Crippen LogP contribution in [0.4, 0.5) is 5.82 Å². The van der Waals surface area contributed by atoms with Gasteiger partial charge in [0.1, 0.15) is 17.7 Å². The molecule has 5 nitrogen and oxygen atoms in total. The Bertz CT molecular complexity index is 778. The number of para-hydroxylation sites is 2. The smallest absolute Gasteiger partial charge is 0.130 e. The molecule has 110 valence electrons. The summed E-state index contributed by atoms with van der Waals surface area (Å²) < 4.78 is 0. The lowest BCUT2D eigenvalue weighted by Crippen LogP contribution is -2.18. The third kappa shape index (κ3) is 2.77. The van der Waals surface area contributed by atoms with Crippen LogP contribution < -0.4 is 5.32 Å². The largest absolute Gasteiger partial charge is 0.360 e. The van der Waals surface area contributed by atoms with Gasteiger partial charge in [-0.25, -0.2) is 9.97 Å².